The van der Waals surface area contributed by atoms with Crippen LogP contribution in [0.1, 0.15) is 21.6 Å². The van der Waals surface area contributed by atoms with Crippen LogP contribution in [0.25, 0.3) is 10.8 Å². The largest absolute Gasteiger partial charge is 0.170 e. The van der Waals surface area contributed by atoms with E-state index in [2.05, 4.69) is 61.7 Å². The minimum Gasteiger partial charge on any atom is -0.170 e. The third-order valence-corrected chi connectivity index (χ3v) is 4.29. The highest BCUT2D eigenvalue weighted by atomic mass is 32.1. The zero-order valence-electron chi connectivity index (χ0n) is 7.51. The Hall–Kier alpha value is -0.600. The first-order chi connectivity index (χ1) is 6.79. The lowest BCUT2D eigenvalue weighted by Crippen LogP contribution is -1.89. The van der Waals surface area contributed by atoms with Gasteiger partial charge in [0.25, 0.3) is 0 Å². The summed E-state index contributed by atoms with van der Waals surface area (Å²) in [5.74, 6) is 0. The van der Waals surface area contributed by atoms with Crippen LogP contribution < -0.4 is 0 Å². The maximum atomic E-state index is 4.61. The summed E-state index contributed by atoms with van der Waals surface area (Å²) in [6.07, 6.45) is 0. The van der Waals surface area contributed by atoms with Gasteiger partial charge in [-0.3, -0.25) is 0 Å². The molecular weight excluding hydrogens is 208 g/mol. The van der Waals surface area contributed by atoms with Crippen molar-refractivity contribution in [2.75, 3.05) is 0 Å². The second-order valence-electron chi connectivity index (χ2n) is 3.68. The molecule has 1 aliphatic carbocycles. The van der Waals surface area contributed by atoms with E-state index in [1.807, 2.05) is 0 Å². The lowest BCUT2D eigenvalue weighted by molar-refractivity contribution is 0.979. The van der Waals surface area contributed by atoms with Gasteiger partial charge in [0.1, 0.15) is 0 Å². The van der Waals surface area contributed by atoms with Gasteiger partial charge in [0, 0.05) is 10.5 Å². The molecule has 3 rings (SSSR count). The highest BCUT2D eigenvalue weighted by molar-refractivity contribution is 7.84. The number of rotatable bonds is 0. The molecule has 0 amide bonds. The molecule has 2 aromatic carbocycles. The van der Waals surface area contributed by atoms with Gasteiger partial charge in [0.2, 0.25) is 0 Å². The van der Waals surface area contributed by atoms with Crippen molar-refractivity contribution >= 4 is 36.0 Å². The van der Waals surface area contributed by atoms with Crippen molar-refractivity contribution in [2.24, 2.45) is 0 Å². The van der Waals surface area contributed by atoms with E-state index in [1.54, 1.807) is 0 Å². The first-order valence-electron chi connectivity index (χ1n) is 4.67. The minimum absolute atomic E-state index is 0.236. The zero-order chi connectivity index (χ0) is 9.71. The number of hydrogen-bond donors (Lipinski definition) is 2. The maximum Gasteiger partial charge on any atom is 0.0430 e. The van der Waals surface area contributed by atoms with Crippen LogP contribution in [-0.2, 0) is 0 Å². The predicted molar refractivity (Wildman–Crippen MR) is 67.4 cm³/mol. The molecule has 0 spiro atoms. The Morgan fingerprint density at radius 1 is 0.786 bits per heavy atom. The van der Waals surface area contributed by atoms with Crippen molar-refractivity contribution in [1.82, 2.24) is 0 Å². The van der Waals surface area contributed by atoms with Gasteiger partial charge in [-0.05, 0) is 21.9 Å². The lowest BCUT2D eigenvalue weighted by atomic mass is 10.1. The summed E-state index contributed by atoms with van der Waals surface area (Å²) in [7, 11) is 0. The van der Waals surface area contributed by atoms with Gasteiger partial charge in [0.05, 0.1) is 0 Å². The van der Waals surface area contributed by atoms with Crippen LogP contribution >= 0.6 is 25.3 Å². The molecule has 0 fully saturated rings. The van der Waals surface area contributed by atoms with Crippen molar-refractivity contribution in [3.05, 3.63) is 47.5 Å². The van der Waals surface area contributed by atoms with E-state index in [0.717, 1.165) is 0 Å². The summed E-state index contributed by atoms with van der Waals surface area (Å²) >= 11 is 9.22. The van der Waals surface area contributed by atoms with E-state index in [9.17, 15) is 0 Å². The molecule has 14 heavy (non-hydrogen) atoms. The number of thiol groups is 2. The Kier molecular flexibility index (Phi) is 1.83. The molecule has 2 aromatic rings. The quantitative estimate of drug-likeness (QED) is 0.617. The molecule has 2 unspecified atom stereocenters. The molecule has 2 heteroatoms. The predicted octanol–water partition coefficient (Wildman–Crippen LogP) is 3.80. The van der Waals surface area contributed by atoms with Crippen molar-refractivity contribution in [3.8, 4) is 0 Å². The van der Waals surface area contributed by atoms with Crippen LogP contribution in [0, 0.1) is 0 Å². The van der Waals surface area contributed by atoms with E-state index in [1.165, 1.54) is 21.9 Å². The van der Waals surface area contributed by atoms with Gasteiger partial charge >= 0.3 is 0 Å². The smallest absolute Gasteiger partial charge is 0.0430 e. The summed E-state index contributed by atoms with van der Waals surface area (Å²) in [5, 5.41) is 3.13. The normalized spacial score (nSPS) is 24.4. The summed E-state index contributed by atoms with van der Waals surface area (Å²) in [6, 6.07) is 12.8. The topological polar surface area (TPSA) is 0 Å². The molecule has 1 aliphatic rings. The van der Waals surface area contributed by atoms with Gasteiger partial charge in [-0.2, -0.15) is 25.3 Å². The van der Waals surface area contributed by atoms with E-state index >= 15 is 0 Å². The number of benzene rings is 2. The molecule has 0 saturated carbocycles. The fourth-order valence-electron chi connectivity index (χ4n) is 2.23. The van der Waals surface area contributed by atoms with Crippen LogP contribution in [0.4, 0.5) is 0 Å². The van der Waals surface area contributed by atoms with Crippen LogP contribution in [-0.4, -0.2) is 0 Å². The summed E-state index contributed by atoms with van der Waals surface area (Å²) in [5.41, 5.74) is 2.64. The van der Waals surface area contributed by atoms with Gasteiger partial charge in [-0.25, -0.2) is 0 Å². The van der Waals surface area contributed by atoms with Gasteiger partial charge in [-0.1, -0.05) is 36.4 Å². The third kappa shape index (κ3) is 0.984. The standard InChI is InChI=1S/C12H10S2/c13-11-8-5-1-3-7-4-2-6-9(10(7)8)12(11)14/h1-6,11-14H. The molecule has 0 bridgehead atoms. The first-order valence-corrected chi connectivity index (χ1v) is 5.70. The average Bonchev–Trinajstić information content (AvgIpc) is 2.47. The van der Waals surface area contributed by atoms with Crippen LogP contribution in [0.2, 0.25) is 0 Å². The first kappa shape index (κ1) is 8.69. The van der Waals surface area contributed by atoms with Gasteiger partial charge in [0.15, 0.2) is 0 Å². The molecule has 0 nitrogen and oxygen atoms in total. The summed E-state index contributed by atoms with van der Waals surface area (Å²) in [6.45, 7) is 0. The molecule has 0 N–H and O–H groups in total. The zero-order valence-corrected chi connectivity index (χ0v) is 9.30. The summed E-state index contributed by atoms with van der Waals surface area (Å²) < 4.78 is 0. The van der Waals surface area contributed by atoms with E-state index < -0.39 is 0 Å². The Bertz CT molecular complexity index is 462. The molecule has 0 aliphatic heterocycles. The SMILES string of the molecule is SC1c2cccc3cccc(c23)C1S. The fraction of sp³-hybridized carbons (Fsp3) is 0.167. The Balaban J connectivity index is 2.49. The molecule has 0 heterocycles. The van der Waals surface area contributed by atoms with Gasteiger partial charge in [-0.15, -0.1) is 0 Å². The van der Waals surface area contributed by atoms with Crippen molar-refractivity contribution in [2.45, 2.75) is 10.5 Å². The van der Waals surface area contributed by atoms with Crippen molar-refractivity contribution in [3.63, 3.8) is 0 Å². The fourth-order valence-corrected chi connectivity index (χ4v) is 2.98. The highest BCUT2D eigenvalue weighted by Crippen LogP contribution is 2.50. The van der Waals surface area contributed by atoms with E-state index in [0.29, 0.717) is 0 Å². The summed E-state index contributed by atoms with van der Waals surface area (Å²) in [4.78, 5) is 0. The second kappa shape index (κ2) is 2.94. The van der Waals surface area contributed by atoms with E-state index in [4.69, 9.17) is 0 Å². The molecule has 0 saturated heterocycles. The molecule has 2 atom stereocenters. The highest BCUT2D eigenvalue weighted by Gasteiger charge is 2.28. The third-order valence-electron chi connectivity index (χ3n) is 2.91. The molecule has 70 valence electrons. The van der Waals surface area contributed by atoms with Crippen LogP contribution in [0.5, 0.6) is 0 Å². The van der Waals surface area contributed by atoms with Crippen molar-refractivity contribution < 1.29 is 0 Å². The average molecular weight is 218 g/mol. The Morgan fingerprint density at radius 2 is 1.29 bits per heavy atom. The maximum absolute atomic E-state index is 4.61. The monoisotopic (exact) mass is 218 g/mol. The second-order valence-corrected chi connectivity index (χ2v) is 4.79. The van der Waals surface area contributed by atoms with Crippen LogP contribution in [0.15, 0.2) is 36.4 Å². The van der Waals surface area contributed by atoms with E-state index in [-0.39, 0.29) is 10.5 Å². The Labute approximate surface area is 94.1 Å². The van der Waals surface area contributed by atoms with Gasteiger partial charge < -0.3 is 0 Å². The number of hydrogen-bond acceptors (Lipinski definition) is 2. The molecular formula is C12H10S2. The van der Waals surface area contributed by atoms with Crippen LogP contribution in [0.3, 0.4) is 0 Å². The molecule has 0 radical (unpaired) electrons. The molecule has 0 aromatic heterocycles. The van der Waals surface area contributed by atoms with Crippen molar-refractivity contribution in [1.29, 1.82) is 0 Å². The lowest BCUT2D eigenvalue weighted by Gasteiger charge is -2.08. The Morgan fingerprint density at radius 3 is 1.79 bits per heavy atom. The minimum atomic E-state index is 0.236.